The Morgan fingerprint density at radius 2 is 1.87 bits per heavy atom. The highest BCUT2D eigenvalue weighted by Gasteiger charge is 2.21. The average molecular weight is 309 g/mol. The lowest BCUT2D eigenvalue weighted by Crippen LogP contribution is -2.34. The van der Waals surface area contributed by atoms with Crippen molar-refractivity contribution in [2.45, 2.75) is 39.2 Å². The lowest BCUT2D eigenvalue weighted by atomic mass is 9.88. The third-order valence-corrected chi connectivity index (χ3v) is 4.46. The highest BCUT2D eigenvalue weighted by molar-refractivity contribution is 5.78. The number of hydrogen-bond acceptors (Lipinski definition) is 2. The van der Waals surface area contributed by atoms with Gasteiger partial charge in [-0.05, 0) is 55.4 Å². The molecule has 0 saturated carbocycles. The van der Waals surface area contributed by atoms with Gasteiger partial charge >= 0.3 is 0 Å². The number of nitrogens with one attached hydrogen (secondary N) is 1. The molecule has 1 atom stereocenters. The number of amides is 1. The van der Waals surface area contributed by atoms with Crippen molar-refractivity contribution in [3.8, 4) is 5.75 Å². The molecule has 1 aliphatic rings. The Morgan fingerprint density at radius 1 is 1.13 bits per heavy atom. The van der Waals surface area contributed by atoms with Crippen LogP contribution in [-0.4, -0.2) is 12.5 Å². The smallest absolute Gasteiger partial charge is 0.258 e. The molecule has 1 N–H and O–H groups in total. The maximum atomic E-state index is 12.3. The van der Waals surface area contributed by atoms with Crippen molar-refractivity contribution in [3.63, 3.8) is 0 Å². The van der Waals surface area contributed by atoms with Crippen LogP contribution in [0.25, 0.3) is 0 Å². The maximum absolute atomic E-state index is 12.3. The first-order chi connectivity index (χ1) is 11.1. The van der Waals surface area contributed by atoms with E-state index < -0.39 is 0 Å². The number of fused-ring (bicyclic) bond motifs is 1. The monoisotopic (exact) mass is 309 g/mol. The topological polar surface area (TPSA) is 38.3 Å². The summed E-state index contributed by atoms with van der Waals surface area (Å²) < 4.78 is 5.75. The number of carbonyl (C=O) groups is 1. The van der Waals surface area contributed by atoms with Crippen molar-refractivity contribution < 1.29 is 9.53 Å². The normalized spacial score (nSPS) is 16.5. The van der Waals surface area contributed by atoms with E-state index in [1.807, 2.05) is 38.1 Å². The Kier molecular flexibility index (Phi) is 4.65. The molecule has 0 aromatic heterocycles. The molecule has 0 fully saturated rings. The predicted molar refractivity (Wildman–Crippen MR) is 91.7 cm³/mol. The van der Waals surface area contributed by atoms with Gasteiger partial charge in [0.25, 0.3) is 5.91 Å². The van der Waals surface area contributed by atoms with Crippen LogP contribution in [0.1, 0.15) is 41.1 Å². The van der Waals surface area contributed by atoms with Gasteiger partial charge in [0.1, 0.15) is 5.75 Å². The number of rotatable bonds is 4. The van der Waals surface area contributed by atoms with Crippen LogP contribution in [-0.2, 0) is 11.2 Å². The largest absolute Gasteiger partial charge is 0.483 e. The van der Waals surface area contributed by atoms with Crippen molar-refractivity contribution in [2.75, 3.05) is 6.61 Å². The zero-order valence-electron chi connectivity index (χ0n) is 13.8. The summed E-state index contributed by atoms with van der Waals surface area (Å²) in [6, 6.07) is 14.5. The maximum Gasteiger partial charge on any atom is 0.258 e. The fourth-order valence-corrected chi connectivity index (χ4v) is 3.30. The second-order valence-electron chi connectivity index (χ2n) is 6.22. The van der Waals surface area contributed by atoms with Crippen molar-refractivity contribution >= 4 is 5.91 Å². The molecule has 3 heteroatoms. The molecule has 0 spiro atoms. The first kappa shape index (κ1) is 15.6. The standard InChI is InChI=1S/C20H23NO2/c1-14-7-5-8-15(2)20(14)23-13-19(22)21-18-12-6-10-16-9-3-4-11-17(16)18/h3-5,7-9,11,18H,6,10,12-13H2,1-2H3,(H,21,22)/t18-/m1/s1. The van der Waals surface area contributed by atoms with E-state index in [4.69, 9.17) is 4.74 Å². The van der Waals surface area contributed by atoms with E-state index in [9.17, 15) is 4.79 Å². The fraction of sp³-hybridized carbons (Fsp3) is 0.350. The summed E-state index contributed by atoms with van der Waals surface area (Å²) in [6.45, 7) is 4.06. The summed E-state index contributed by atoms with van der Waals surface area (Å²) in [5, 5.41) is 3.12. The third kappa shape index (κ3) is 3.55. The Balaban J connectivity index is 1.63. The molecule has 1 aliphatic carbocycles. The molecule has 120 valence electrons. The van der Waals surface area contributed by atoms with Crippen LogP contribution in [0.5, 0.6) is 5.75 Å². The quantitative estimate of drug-likeness (QED) is 0.931. The predicted octanol–water partition coefficient (Wildman–Crippen LogP) is 3.88. The lowest BCUT2D eigenvalue weighted by Gasteiger charge is -2.26. The molecular formula is C20H23NO2. The van der Waals surface area contributed by atoms with E-state index in [1.54, 1.807) is 0 Å². The SMILES string of the molecule is Cc1cccc(C)c1OCC(=O)N[C@@H]1CCCc2ccccc21. The van der Waals surface area contributed by atoms with Crippen molar-refractivity contribution in [1.29, 1.82) is 0 Å². The summed E-state index contributed by atoms with van der Waals surface area (Å²) in [4.78, 5) is 12.3. The Morgan fingerprint density at radius 3 is 2.65 bits per heavy atom. The highest BCUT2D eigenvalue weighted by atomic mass is 16.5. The zero-order chi connectivity index (χ0) is 16.2. The number of hydrogen-bond donors (Lipinski definition) is 1. The summed E-state index contributed by atoms with van der Waals surface area (Å²) in [6.07, 6.45) is 3.20. The van der Waals surface area contributed by atoms with Crippen LogP contribution >= 0.6 is 0 Å². The molecule has 2 aromatic carbocycles. The van der Waals surface area contributed by atoms with Crippen LogP contribution in [0.4, 0.5) is 0 Å². The third-order valence-electron chi connectivity index (χ3n) is 4.46. The Bertz CT molecular complexity index is 688. The summed E-state index contributed by atoms with van der Waals surface area (Å²) >= 11 is 0. The van der Waals surface area contributed by atoms with Crippen molar-refractivity contribution in [3.05, 3.63) is 64.7 Å². The minimum absolute atomic E-state index is 0.0599. The minimum atomic E-state index is -0.0608. The van der Waals surface area contributed by atoms with E-state index in [1.165, 1.54) is 11.1 Å². The van der Waals surface area contributed by atoms with Gasteiger partial charge in [0.2, 0.25) is 0 Å². The van der Waals surface area contributed by atoms with Crippen LogP contribution in [0.15, 0.2) is 42.5 Å². The molecule has 3 nitrogen and oxygen atoms in total. The summed E-state index contributed by atoms with van der Waals surface area (Å²) in [5.41, 5.74) is 4.71. The second kappa shape index (κ2) is 6.86. The molecule has 0 bridgehead atoms. The van der Waals surface area contributed by atoms with Gasteiger partial charge < -0.3 is 10.1 Å². The number of para-hydroxylation sites is 1. The average Bonchev–Trinajstić information content (AvgIpc) is 2.55. The lowest BCUT2D eigenvalue weighted by molar-refractivity contribution is -0.124. The Labute approximate surface area is 137 Å². The van der Waals surface area contributed by atoms with Gasteiger partial charge in [-0.15, -0.1) is 0 Å². The van der Waals surface area contributed by atoms with Gasteiger partial charge in [-0.25, -0.2) is 0 Å². The molecule has 0 aliphatic heterocycles. The van der Waals surface area contributed by atoms with E-state index in [-0.39, 0.29) is 18.6 Å². The number of benzene rings is 2. The van der Waals surface area contributed by atoms with Crippen LogP contribution in [0, 0.1) is 13.8 Å². The molecule has 0 saturated heterocycles. The van der Waals surface area contributed by atoms with Crippen LogP contribution in [0.2, 0.25) is 0 Å². The first-order valence-corrected chi connectivity index (χ1v) is 8.21. The van der Waals surface area contributed by atoms with E-state index in [0.29, 0.717) is 0 Å². The zero-order valence-corrected chi connectivity index (χ0v) is 13.8. The van der Waals surface area contributed by atoms with Crippen molar-refractivity contribution in [2.24, 2.45) is 0 Å². The molecule has 0 unspecified atom stereocenters. The molecule has 0 heterocycles. The van der Waals surface area contributed by atoms with E-state index in [0.717, 1.165) is 36.1 Å². The number of aryl methyl sites for hydroxylation is 3. The highest BCUT2D eigenvalue weighted by Crippen LogP contribution is 2.29. The Hall–Kier alpha value is -2.29. The minimum Gasteiger partial charge on any atom is -0.483 e. The van der Waals surface area contributed by atoms with E-state index >= 15 is 0 Å². The molecule has 2 aromatic rings. The van der Waals surface area contributed by atoms with Gasteiger partial charge in [-0.3, -0.25) is 4.79 Å². The van der Waals surface area contributed by atoms with Crippen LogP contribution < -0.4 is 10.1 Å². The van der Waals surface area contributed by atoms with Gasteiger partial charge in [-0.1, -0.05) is 42.5 Å². The summed E-state index contributed by atoms with van der Waals surface area (Å²) in [7, 11) is 0. The van der Waals surface area contributed by atoms with Gasteiger partial charge in [0.15, 0.2) is 6.61 Å². The van der Waals surface area contributed by atoms with Gasteiger partial charge in [-0.2, -0.15) is 0 Å². The molecular weight excluding hydrogens is 286 g/mol. The van der Waals surface area contributed by atoms with Gasteiger partial charge in [0.05, 0.1) is 6.04 Å². The molecule has 3 rings (SSSR count). The van der Waals surface area contributed by atoms with Crippen molar-refractivity contribution in [1.82, 2.24) is 5.32 Å². The summed E-state index contributed by atoms with van der Waals surface area (Å²) in [5.74, 6) is 0.751. The van der Waals surface area contributed by atoms with Gasteiger partial charge in [0, 0.05) is 0 Å². The molecule has 1 amide bonds. The molecule has 23 heavy (non-hydrogen) atoms. The fourth-order valence-electron chi connectivity index (χ4n) is 3.30. The first-order valence-electron chi connectivity index (χ1n) is 8.21. The number of ether oxygens (including phenoxy) is 1. The number of carbonyl (C=O) groups excluding carboxylic acids is 1. The van der Waals surface area contributed by atoms with Crippen LogP contribution in [0.3, 0.4) is 0 Å². The van der Waals surface area contributed by atoms with E-state index in [2.05, 4.69) is 23.5 Å². The second-order valence-corrected chi connectivity index (χ2v) is 6.22. The molecule has 0 radical (unpaired) electrons.